The summed E-state index contributed by atoms with van der Waals surface area (Å²) in [6.07, 6.45) is 9.38. The summed E-state index contributed by atoms with van der Waals surface area (Å²) in [5.74, 6) is 6.08. The Bertz CT molecular complexity index is 286. The van der Waals surface area contributed by atoms with E-state index in [-0.39, 0.29) is 0 Å². The van der Waals surface area contributed by atoms with Gasteiger partial charge in [0.15, 0.2) is 11.2 Å². The van der Waals surface area contributed by atoms with E-state index < -0.39 is 11.2 Å². The normalized spacial score (nSPS) is 26.1. The van der Waals surface area contributed by atoms with Crippen molar-refractivity contribution in [3.05, 3.63) is 0 Å². The van der Waals surface area contributed by atoms with Crippen molar-refractivity contribution >= 4 is 0 Å². The van der Waals surface area contributed by atoms with Crippen molar-refractivity contribution in [3.8, 4) is 11.8 Å². The lowest BCUT2D eigenvalue weighted by molar-refractivity contribution is -0.314. The molecule has 4 heteroatoms. The Hall–Kier alpha value is -0.600. The lowest BCUT2D eigenvalue weighted by Crippen LogP contribution is -2.36. The molecule has 2 aliphatic carbocycles. The van der Waals surface area contributed by atoms with Gasteiger partial charge in [-0.2, -0.15) is 0 Å². The van der Waals surface area contributed by atoms with Gasteiger partial charge in [0.1, 0.15) is 0 Å². The Balaban J connectivity index is 2.11. The topological polar surface area (TPSA) is 58.9 Å². The molecule has 0 heterocycles. The van der Waals surface area contributed by atoms with Crippen molar-refractivity contribution in [3.63, 3.8) is 0 Å². The largest absolute Gasteiger partial charge is 0.250 e. The van der Waals surface area contributed by atoms with Gasteiger partial charge in [0.2, 0.25) is 0 Å². The van der Waals surface area contributed by atoms with Gasteiger partial charge in [-0.05, 0) is 51.4 Å². The molecular weight excluding hydrogens is 232 g/mol. The number of rotatable bonds is 2. The van der Waals surface area contributed by atoms with E-state index in [1.807, 2.05) is 0 Å². The predicted molar refractivity (Wildman–Crippen MR) is 66.8 cm³/mol. The Labute approximate surface area is 108 Å². The van der Waals surface area contributed by atoms with Crippen molar-refractivity contribution in [2.45, 2.75) is 75.4 Å². The molecule has 102 valence electrons. The van der Waals surface area contributed by atoms with Crippen LogP contribution in [-0.2, 0) is 9.78 Å². The third-order valence-corrected chi connectivity index (χ3v) is 4.19. The Morgan fingerprint density at radius 3 is 1.22 bits per heavy atom. The van der Waals surface area contributed by atoms with Gasteiger partial charge in [0, 0.05) is 0 Å². The Morgan fingerprint density at radius 2 is 0.944 bits per heavy atom. The molecule has 0 saturated heterocycles. The molecule has 2 aliphatic rings. The lowest BCUT2D eigenvalue weighted by atomic mass is 9.82. The molecule has 4 nitrogen and oxygen atoms in total. The average molecular weight is 254 g/mol. The molecular formula is C14H22O4. The number of hydrogen-bond acceptors (Lipinski definition) is 4. The summed E-state index contributed by atoms with van der Waals surface area (Å²) in [7, 11) is 0. The van der Waals surface area contributed by atoms with Gasteiger partial charge < -0.3 is 0 Å². The predicted octanol–water partition coefficient (Wildman–Crippen LogP) is 3.37. The quantitative estimate of drug-likeness (QED) is 0.450. The van der Waals surface area contributed by atoms with Crippen molar-refractivity contribution in [1.82, 2.24) is 0 Å². The Kier molecular flexibility index (Phi) is 4.63. The monoisotopic (exact) mass is 254 g/mol. The van der Waals surface area contributed by atoms with Crippen molar-refractivity contribution in [1.29, 1.82) is 0 Å². The van der Waals surface area contributed by atoms with E-state index in [4.69, 9.17) is 10.5 Å². The molecule has 0 unspecified atom stereocenters. The van der Waals surface area contributed by atoms with Crippen LogP contribution in [0.5, 0.6) is 0 Å². The van der Waals surface area contributed by atoms with Crippen LogP contribution in [0.25, 0.3) is 0 Å². The summed E-state index contributed by atoms with van der Waals surface area (Å²) in [6.45, 7) is 0. The van der Waals surface area contributed by atoms with Crippen LogP contribution in [0.3, 0.4) is 0 Å². The summed E-state index contributed by atoms with van der Waals surface area (Å²) in [5.41, 5.74) is -1.50. The second kappa shape index (κ2) is 6.03. The van der Waals surface area contributed by atoms with E-state index in [0.717, 1.165) is 64.2 Å². The molecule has 0 radical (unpaired) electrons. The van der Waals surface area contributed by atoms with Gasteiger partial charge in [-0.25, -0.2) is 9.78 Å². The zero-order chi connectivity index (χ0) is 12.9. The highest BCUT2D eigenvalue weighted by molar-refractivity contribution is 5.23. The van der Waals surface area contributed by atoms with Crippen LogP contribution in [0.4, 0.5) is 0 Å². The maximum atomic E-state index is 9.12. The van der Waals surface area contributed by atoms with Crippen LogP contribution >= 0.6 is 0 Å². The zero-order valence-electron chi connectivity index (χ0n) is 10.8. The van der Waals surface area contributed by atoms with Crippen molar-refractivity contribution in [2.75, 3.05) is 0 Å². The van der Waals surface area contributed by atoms with Crippen LogP contribution in [0, 0.1) is 11.8 Å². The van der Waals surface area contributed by atoms with Crippen LogP contribution < -0.4 is 0 Å². The molecule has 0 spiro atoms. The highest BCUT2D eigenvalue weighted by atomic mass is 17.1. The first kappa shape index (κ1) is 13.8. The maximum absolute atomic E-state index is 9.12. The fourth-order valence-electron chi connectivity index (χ4n) is 2.95. The van der Waals surface area contributed by atoms with E-state index in [1.165, 1.54) is 0 Å². The third-order valence-electron chi connectivity index (χ3n) is 4.19. The average Bonchev–Trinajstić information content (AvgIpc) is 2.47. The van der Waals surface area contributed by atoms with E-state index >= 15 is 0 Å². The molecule has 0 amide bonds. The second-order valence-corrected chi connectivity index (χ2v) is 5.54. The molecule has 2 N–H and O–H groups in total. The van der Waals surface area contributed by atoms with Crippen LogP contribution in [0.1, 0.15) is 64.2 Å². The third kappa shape index (κ3) is 3.04. The molecule has 2 saturated carbocycles. The molecule has 0 aromatic carbocycles. The van der Waals surface area contributed by atoms with E-state index in [1.54, 1.807) is 0 Å². The SMILES string of the molecule is OOC1(C#CC2(OO)CCCCC2)CCCCC1. The van der Waals surface area contributed by atoms with Gasteiger partial charge in [-0.1, -0.05) is 24.7 Å². The molecule has 0 aromatic heterocycles. The smallest absolute Gasteiger partial charge is 0.163 e. The highest BCUT2D eigenvalue weighted by Crippen LogP contribution is 2.33. The van der Waals surface area contributed by atoms with E-state index in [2.05, 4.69) is 21.6 Å². The fraction of sp³-hybridized carbons (Fsp3) is 0.857. The summed E-state index contributed by atoms with van der Waals surface area (Å²) >= 11 is 0. The minimum atomic E-state index is -0.749. The maximum Gasteiger partial charge on any atom is 0.163 e. The first-order valence-electron chi connectivity index (χ1n) is 6.94. The fourth-order valence-corrected chi connectivity index (χ4v) is 2.95. The van der Waals surface area contributed by atoms with Gasteiger partial charge in [-0.3, -0.25) is 10.5 Å². The van der Waals surface area contributed by atoms with Crippen molar-refractivity contribution < 1.29 is 20.3 Å². The minimum Gasteiger partial charge on any atom is -0.250 e. The lowest BCUT2D eigenvalue weighted by Gasteiger charge is -2.31. The van der Waals surface area contributed by atoms with Crippen LogP contribution in [0.15, 0.2) is 0 Å². The summed E-state index contributed by atoms with van der Waals surface area (Å²) in [6, 6.07) is 0. The first-order valence-corrected chi connectivity index (χ1v) is 6.94. The first-order chi connectivity index (χ1) is 8.74. The number of hydrogen-bond donors (Lipinski definition) is 2. The summed E-state index contributed by atoms with van der Waals surface area (Å²) < 4.78 is 0. The van der Waals surface area contributed by atoms with Crippen LogP contribution in [0.2, 0.25) is 0 Å². The Morgan fingerprint density at radius 1 is 0.611 bits per heavy atom. The summed E-state index contributed by atoms with van der Waals surface area (Å²) in [5, 5.41) is 18.2. The summed E-state index contributed by atoms with van der Waals surface area (Å²) in [4.78, 5) is 9.30. The molecule has 18 heavy (non-hydrogen) atoms. The molecule has 0 aromatic rings. The van der Waals surface area contributed by atoms with Gasteiger partial charge >= 0.3 is 0 Å². The molecule has 0 atom stereocenters. The molecule has 0 bridgehead atoms. The zero-order valence-corrected chi connectivity index (χ0v) is 10.8. The highest BCUT2D eigenvalue weighted by Gasteiger charge is 2.35. The minimum absolute atomic E-state index is 0.748. The molecule has 0 aliphatic heterocycles. The standard InChI is InChI=1S/C14H22O4/c15-17-13(7-3-1-4-8-13)11-12-14(18-16)9-5-2-6-10-14/h15-16H,1-10H2. The van der Waals surface area contributed by atoms with Crippen molar-refractivity contribution in [2.24, 2.45) is 0 Å². The van der Waals surface area contributed by atoms with Gasteiger partial charge in [-0.15, -0.1) is 0 Å². The van der Waals surface area contributed by atoms with Crippen LogP contribution in [-0.4, -0.2) is 21.7 Å². The van der Waals surface area contributed by atoms with Gasteiger partial charge in [0.25, 0.3) is 0 Å². The molecule has 2 rings (SSSR count). The van der Waals surface area contributed by atoms with Gasteiger partial charge in [0.05, 0.1) is 0 Å². The van der Waals surface area contributed by atoms with E-state index in [9.17, 15) is 0 Å². The van der Waals surface area contributed by atoms with E-state index in [0.29, 0.717) is 0 Å². The second-order valence-electron chi connectivity index (χ2n) is 5.54. The molecule has 2 fully saturated rings.